The lowest BCUT2D eigenvalue weighted by Crippen LogP contribution is -2.51. The number of hydrogen-bond acceptors (Lipinski definition) is 3. The Morgan fingerprint density at radius 2 is 1.21 bits per heavy atom. The topological polar surface area (TPSA) is 75.3 Å². The first-order valence-corrected chi connectivity index (χ1v) is 7.42. The van der Waals surface area contributed by atoms with Crippen molar-refractivity contribution in [3.8, 4) is 0 Å². The molecule has 5 heteroatoms. The standard InChI is InChI=1S/C19H12N2O3/c22-17-16(18(23)21-19(24)20-17)10-15-13-7-3-1-5-11(13)9-12-6-2-4-8-14(12)15/h1-10H,(H2,20,21,22,23,24). The Hall–Kier alpha value is -3.47. The van der Waals surface area contributed by atoms with E-state index in [0.717, 1.165) is 27.1 Å². The molecule has 0 aromatic heterocycles. The highest BCUT2D eigenvalue weighted by Crippen LogP contribution is 2.30. The summed E-state index contributed by atoms with van der Waals surface area (Å²) in [4.78, 5) is 35.3. The zero-order chi connectivity index (χ0) is 16.7. The van der Waals surface area contributed by atoms with E-state index in [4.69, 9.17) is 0 Å². The molecule has 0 spiro atoms. The van der Waals surface area contributed by atoms with Crippen LogP contribution in [0.25, 0.3) is 27.6 Å². The number of nitrogens with one attached hydrogen (secondary N) is 2. The number of barbiturate groups is 1. The van der Waals surface area contributed by atoms with Gasteiger partial charge in [-0.05, 0) is 39.3 Å². The van der Waals surface area contributed by atoms with Crippen LogP contribution in [-0.2, 0) is 9.59 Å². The maximum absolute atomic E-state index is 12.0. The molecule has 1 saturated heterocycles. The van der Waals surface area contributed by atoms with Gasteiger partial charge in [0.2, 0.25) is 0 Å². The number of urea groups is 1. The van der Waals surface area contributed by atoms with E-state index in [9.17, 15) is 14.4 Å². The van der Waals surface area contributed by atoms with Crippen LogP contribution in [-0.4, -0.2) is 17.8 Å². The van der Waals surface area contributed by atoms with Gasteiger partial charge in [-0.25, -0.2) is 4.79 Å². The third-order valence-electron chi connectivity index (χ3n) is 4.04. The van der Waals surface area contributed by atoms with Crippen molar-refractivity contribution in [2.24, 2.45) is 0 Å². The summed E-state index contributed by atoms with van der Waals surface area (Å²) >= 11 is 0. The molecule has 0 bridgehead atoms. The van der Waals surface area contributed by atoms with Gasteiger partial charge in [0.1, 0.15) is 5.57 Å². The summed E-state index contributed by atoms with van der Waals surface area (Å²) in [6, 6.07) is 16.8. The van der Waals surface area contributed by atoms with E-state index in [1.807, 2.05) is 48.5 Å². The first-order valence-electron chi connectivity index (χ1n) is 7.42. The van der Waals surface area contributed by atoms with Crippen LogP contribution in [0.15, 0.2) is 60.2 Å². The Morgan fingerprint density at radius 3 is 1.75 bits per heavy atom. The average Bonchev–Trinajstić information content (AvgIpc) is 2.57. The highest BCUT2D eigenvalue weighted by Gasteiger charge is 2.28. The minimum Gasteiger partial charge on any atom is -0.273 e. The third-order valence-corrected chi connectivity index (χ3v) is 4.04. The monoisotopic (exact) mass is 316 g/mol. The lowest BCUT2D eigenvalue weighted by atomic mass is 9.95. The molecule has 0 aliphatic carbocycles. The Bertz CT molecular complexity index is 991. The van der Waals surface area contributed by atoms with Crippen LogP contribution < -0.4 is 10.6 Å². The number of rotatable bonds is 1. The molecule has 0 saturated carbocycles. The van der Waals surface area contributed by atoms with Crippen molar-refractivity contribution in [2.75, 3.05) is 0 Å². The van der Waals surface area contributed by atoms with Gasteiger partial charge >= 0.3 is 6.03 Å². The van der Waals surface area contributed by atoms with Crippen LogP contribution in [0.1, 0.15) is 5.56 Å². The lowest BCUT2D eigenvalue weighted by Gasteiger charge is -2.15. The normalized spacial score (nSPS) is 14.7. The summed E-state index contributed by atoms with van der Waals surface area (Å²) in [6.07, 6.45) is 1.54. The van der Waals surface area contributed by atoms with Gasteiger partial charge in [0, 0.05) is 0 Å². The first kappa shape index (κ1) is 14.1. The smallest absolute Gasteiger partial charge is 0.273 e. The highest BCUT2D eigenvalue weighted by molar-refractivity contribution is 6.31. The van der Waals surface area contributed by atoms with Crippen LogP contribution >= 0.6 is 0 Å². The fourth-order valence-corrected chi connectivity index (χ4v) is 2.96. The summed E-state index contributed by atoms with van der Waals surface area (Å²) in [6.45, 7) is 0. The van der Waals surface area contributed by atoms with Crippen molar-refractivity contribution in [2.45, 2.75) is 0 Å². The number of carbonyl (C=O) groups is 3. The number of fused-ring (bicyclic) bond motifs is 2. The molecular formula is C19H12N2O3. The molecule has 1 heterocycles. The number of hydrogen-bond donors (Lipinski definition) is 2. The fourth-order valence-electron chi connectivity index (χ4n) is 2.96. The second-order valence-corrected chi connectivity index (χ2v) is 5.53. The van der Waals surface area contributed by atoms with Crippen molar-refractivity contribution >= 4 is 45.5 Å². The van der Waals surface area contributed by atoms with Gasteiger partial charge in [-0.3, -0.25) is 20.2 Å². The van der Waals surface area contributed by atoms with E-state index in [-0.39, 0.29) is 5.57 Å². The van der Waals surface area contributed by atoms with Crippen molar-refractivity contribution in [1.29, 1.82) is 0 Å². The summed E-state index contributed by atoms with van der Waals surface area (Å²) in [7, 11) is 0. The molecule has 5 nitrogen and oxygen atoms in total. The van der Waals surface area contributed by atoms with Crippen LogP contribution in [0.2, 0.25) is 0 Å². The quantitative estimate of drug-likeness (QED) is 0.412. The second kappa shape index (κ2) is 5.31. The fraction of sp³-hybridized carbons (Fsp3) is 0. The van der Waals surface area contributed by atoms with Crippen molar-refractivity contribution in [1.82, 2.24) is 10.6 Å². The maximum atomic E-state index is 12.0. The Kier molecular flexibility index (Phi) is 3.13. The van der Waals surface area contributed by atoms with Crippen LogP contribution in [0.3, 0.4) is 0 Å². The number of benzene rings is 3. The van der Waals surface area contributed by atoms with Gasteiger partial charge in [-0.2, -0.15) is 0 Å². The summed E-state index contributed by atoms with van der Waals surface area (Å²) in [5.41, 5.74) is 0.689. The van der Waals surface area contributed by atoms with Crippen molar-refractivity contribution in [3.05, 3.63) is 65.7 Å². The predicted octanol–water partition coefficient (Wildman–Crippen LogP) is 2.74. The Labute approximate surface area is 137 Å². The van der Waals surface area contributed by atoms with Gasteiger partial charge in [0.05, 0.1) is 0 Å². The van der Waals surface area contributed by atoms with Gasteiger partial charge in [0.15, 0.2) is 0 Å². The zero-order valence-corrected chi connectivity index (χ0v) is 12.5. The highest BCUT2D eigenvalue weighted by atomic mass is 16.2. The number of carbonyl (C=O) groups excluding carboxylic acids is 3. The van der Waals surface area contributed by atoms with E-state index in [1.54, 1.807) is 6.08 Å². The molecule has 0 atom stereocenters. The maximum Gasteiger partial charge on any atom is 0.328 e. The Morgan fingerprint density at radius 1 is 0.708 bits per heavy atom. The Balaban J connectivity index is 2.04. The summed E-state index contributed by atoms with van der Waals surface area (Å²) in [5.74, 6) is -1.39. The zero-order valence-electron chi connectivity index (χ0n) is 12.5. The summed E-state index contributed by atoms with van der Waals surface area (Å²) < 4.78 is 0. The minimum absolute atomic E-state index is 0.0869. The van der Waals surface area contributed by atoms with Crippen LogP contribution in [0, 0.1) is 0 Å². The molecule has 4 rings (SSSR count). The van der Waals surface area contributed by atoms with Crippen LogP contribution in [0.4, 0.5) is 4.79 Å². The van der Waals surface area contributed by atoms with Gasteiger partial charge in [0.25, 0.3) is 11.8 Å². The van der Waals surface area contributed by atoms with E-state index in [2.05, 4.69) is 16.7 Å². The molecule has 0 radical (unpaired) electrons. The molecule has 3 aromatic rings. The number of amides is 4. The molecule has 1 aliphatic rings. The molecule has 1 fully saturated rings. The molecule has 24 heavy (non-hydrogen) atoms. The SMILES string of the molecule is O=C1NC(=O)C(=Cc2c3ccccc3cc3ccccc23)C(=O)N1. The van der Waals surface area contributed by atoms with Gasteiger partial charge in [-0.1, -0.05) is 48.5 Å². The van der Waals surface area contributed by atoms with Crippen LogP contribution in [0.5, 0.6) is 0 Å². The van der Waals surface area contributed by atoms with Crippen molar-refractivity contribution < 1.29 is 14.4 Å². The average molecular weight is 316 g/mol. The minimum atomic E-state index is -0.801. The molecule has 2 N–H and O–H groups in total. The molecule has 3 aromatic carbocycles. The molecule has 0 unspecified atom stereocenters. The van der Waals surface area contributed by atoms with E-state index in [1.165, 1.54) is 0 Å². The van der Waals surface area contributed by atoms with Crippen molar-refractivity contribution in [3.63, 3.8) is 0 Å². The van der Waals surface area contributed by atoms with E-state index < -0.39 is 17.8 Å². The van der Waals surface area contributed by atoms with Gasteiger partial charge in [-0.15, -0.1) is 0 Å². The molecule has 1 aliphatic heterocycles. The molecule has 116 valence electrons. The largest absolute Gasteiger partial charge is 0.328 e. The number of imide groups is 2. The molecule has 4 amide bonds. The predicted molar refractivity (Wildman–Crippen MR) is 91.1 cm³/mol. The van der Waals surface area contributed by atoms with Gasteiger partial charge < -0.3 is 0 Å². The first-order chi connectivity index (χ1) is 11.6. The third kappa shape index (κ3) is 2.23. The second-order valence-electron chi connectivity index (χ2n) is 5.53. The lowest BCUT2D eigenvalue weighted by molar-refractivity contribution is -0.123. The molecular weight excluding hydrogens is 304 g/mol. The summed E-state index contributed by atoms with van der Waals surface area (Å²) in [5, 5.41) is 8.08. The van der Waals surface area contributed by atoms with E-state index in [0.29, 0.717) is 0 Å². The van der Waals surface area contributed by atoms with E-state index >= 15 is 0 Å².